The van der Waals surface area contributed by atoms with Crippen LogP contribution in [0.15, 0.2) is 66.7 Å². The molecular formula is C27H31O2P. The molecule has 0 heterocycles. The Morgan fingerprint density at radius 3 is 2.33 bits per heavy atom. The normalized spacial score (nSPS) is 13.4. The third-order valence-electron chi connectivity index (χ3n) is 5.66. The van der Waals surface area contributed by atoms with E-state index in [2.05, 4.69) is 58.0 Å². The van der Waals surface area contributed by atoms with Crippen LogP contribution in [0.1, 0.15) is 59.8 Å². The van der Waals surface area contributed by atoms with Gasteiger partial charge in [0.1, 0.15) is 12.4 Å². The summed E-state index contributed by atoms with van der Waals surface area (Å²) in [4.78, 5) is 12.2. The van der Waals surface area contributed by atoms with Gasteiger partial charge in [0.25, 0.3) is 0 Å². The van der Waals surface area contributed by atoms with Crippen molar-refractivity contribution in [1.82, 2.24) is 0 Å². The lowest BCUT2D eigenvalue weighted by Gasteiger charge is -2.33. The van der Waals surface area contributed by atoms with Crippen LogP contribution in [0.2, 0.25) is 0 Å². The number of aryl methyl sites for hydroxylation is 2. The SMILES string of the molecule is CCC(C)(Pc1ccccc1C(C)=O)c1cc(C)cc(C)c1OCc1ccccc1. The molecule has 0 aliphatic carbocycles. The Kier molecular flexibility index (Phi) is 7.10. The minimum absolute atomic E-state index is 0.117. The van der Waals surface area contributed by atoms with Crippen LogP contribution in [0.25, 0.3) is 0 Å². The molecule has 3 rings (SSSR count). The number of ether oxygens (including phenoxy) is 1. The summed E-state index contributed by atoms with van der Waals surface area (Å²) in [6.07, 6.45) is 0.961. The largest absolute Gasteiger partial charge is 0.488 e. The fourth-order valence-electron chi connectivity index (χ4n) is 3.83. The molecule has 0 fully saturated rings. The second-order valence-electron chi connectivity index (χ2n) is 8.15. The van der Waals surface area contributed by atoms with Crippen LogP contribution in [-0.2, 0) is 11.8 Å². The van der Waals surface area contributed by atoms with Gasteiger partial charge in [0, 0.05) is 16.3 Å². The predicted octanol–water partition coefficient (Wildman–Crippen LogP) is 6.71. The van der Waals surface area contributed by atoms with E-state index in [4.69, 9.17) is 4.74 Å². The van der Waals surface area contributed by atoms with E-state index in [0.29, 0.717) is 15.2 Å². The third-order valence-corrected chi connectivity index (χ3v) is 7.54. The molecule has 0 saturated heterocycles. The number of carbonyl (C=O) groups excluding carboxylic acids is 1. The molecule has 0 saturated carbocycles. The zero-order chi connectivity index (χ0) is 21.7. The maximum absolute atomic E-state index is 12.2. The summed E-state index contributed by atoms with van der Waals surface area (Å²) in [5.41, 5.74) is 5.61. The van der Waals surface area contributed by atoms with Crippen LogP contribution in [0.5, 0.6) is 5.75 Å². The molecule has 0 aliphatic heterocycles. The molecular weight excluding hydrogens is 387 g/mol. The van der Waals surface area contributed by atoms with Crippen molar-refractivity contribution >= 4 is 19.7 Å². The van der Waals surface area contributed by atoms with Crippen LogP contribution in [0.4, 0.5) is 0 Å². The Balaban J connectivity index is 2.02. The van der Waals surface area contributed by atoms with Crippen molar-refractivity contribution in [2.45, 2.75) is 52.8 Å². The molecule has 2 atom stereocenters. The predicted molar refractivity (Wildman–Crippen MR) is 129 cm³/mol. The van der Waals surface area contributed by atoms with Gasteiger partial charge < -0.3 is 4.74 Å². The Hall–Kier alpha value is -2.44. The van der Waals surface area contributed by atoms with Crippen molar-refractivity contribution in [3.63, 3.8) is 0 Å². The molecule has 3 heteroatoms. The van der Waals surface area contributed by atoms with Crippen molar-refractivity contribution in [3.05, 3.63) is 94.5 Å². The summed E-state index contributed by atoms with van der Waals surface area (Å²) in [5, 5.41) is 1.01. The molecule has 2 nitrogen and oxygen atoms in total. The maximum atomic E-state index is 12.2. The number of hydrogen-bond acceptors (Lipinski definition) is 2. The lowest BCUT2D eigenvalue weighted by atomic mass is 9.92. The topological polar surface area (TPSA) is 26.3 Å². The average molecular weight is 419 g/mol. The van der Waals surface area contributed by atoms with Gasteiger partial charge in [0.15, 0.2) is 5.78 Å². The molecule has 0 bridgehead atoms. The fraction of sp³-hybridized carbons (Fsp3) is 0.296. The lowest BCUT2D eigenvalue weighted by molar-refractivity contribution is 0.101. The molecule has 0 aromatic heterocycles. The van der Waals surface area contributed by atoms with Gasteiger partial charge in [-0.2, -0.15) is 0 Å². The molecule has 3 aromatic carbocycles. The first-order chi connectivity index (χ1) is 14.3. The van der Waals surface area contributed by atoms with E-state index in [9.17, 15) is 4.79 Å². The van der Waals surface area contributed by atoms with Gasteiger partial charge in [0.05, 0.1) is 0 Å². The van der Waals surface area contributed by atoms with E-state index in [-0.39, 0.29) is 10.9 Å². The fourth-order valence-corrected chi connectivity index (χ4v) is 5.49. The van der Waals surface area contributed by atoms with E-state index in [1.54, 1.807) is 6.92 Å². The van der Waals surface area contributed by atoms with Crippen LogP contribution >= 0.6 is 8.58 Å². The number of benzene rings is 3. The van der Waals surface area contributed by atoms with Gasteiger partial charge >= 0.3 is 0 Å². The quantitative estimate of drug-likeness (QED) is 0.300. The highest BCUT2D eigenvalue weighted by atomic mass is 31.1. The molecule has 0 aliphatic rings. The molecule has 0 radical (unpaired) electrons. The summed E-state index contributed by atoms with van der Waals surface area (Å²) >= 11 is 0. The molecule has 2 unspecified atom stereocenters. The minimum atomic E-state index is -0.117. The smallest absolute Gasteiger partial charge is 0.160 e. The van der Waals surface area contributed by atoms with Crippen LogP contribution in [0.3, 0.4) is 0 Å². The van der Waals surface area contributed by atoms with Crippen molar-refractivity contribution in [3.8, 4) is 5.75 Å². The number of Topliss-reactive ketones (excluding diaryl/α,β-unsaturated/α-hetero) is 1. The second-order valence-corrected chi connectivity index (χ2v) is 10.0. The highest BCUT2D eigenvalue weighted by Crippen LogP contribution is 2.49. The van der Waals surface area contributed by atoms with Crippen LogP contribution < -0.4 is 10.0 Å². The number of carbonyl (C=O) groups is 1. The van der Waals surface area contributed by atoms with Crippen molar-refractivity contribution < 1.29 is 9.53 Å². The standard InChI is InChI=1S/C27H31O2P/c1-6-27(5,30-25-15-11-10-14-23(25)21(4)28)24-17-19(2)16-20(3)26(24)29-18-22-12-8-7-9-13-22/h7-17,30H,6,18H2,1-5H3. The summed E-state index contributed by atoms with van der Waals surface area (Å²) in [5.74, 6) is 1.10. The highest BCUT2D eigenvalue weighted by Gasteiger charge is 2.31. The van der Waals surface area contributed by atoms with Crippen molar-refractivity contribution in [1.29, 1.82) is 0 Å². The molecule has 156 valence electrons. The Labute approximate surface area is 182 Å². The number of ketones is 1. The van der Waals surface area contributed by atoms with Gasteiger partial charge in [0.2, 0.25) is 0 Å². The van der Waals surface area contributed by atoms with Crippen molar-refractivity contribution in [2.75, 3.05) is 0 Å². The first-order valence-corrected chi connectivity index (χ1v) is 11.5. The van der Waals surface area contributed by atoms with E-state index >= 15 is 0 Å². The summed E-state index contributed by atoms with van der Waals surface area (Å²) in [6, 6.07) is 22.7. The Morgan fingerprint density at radius 2 is 1.67 bits per heavy atom. The zero-order valence-electron chi connectivity index (χ0n) is 18.6. The molecule has 0 N–H and O–H groups in total. The third kappa shape index (κ3) is 4.99. The lowest BCUT2D eigenvalue weighted by Crippen LogP contribution is -2.22. The van der Waals surface area contributed by atoms with Crippen LogP contribution in [-0.4, -0.2) is 5.78 Å². The first kappa shape index (κ1) is 22.2. The van der Waals surface area contributed by atoms with Gasteiger partial charge in [-0.15, -0.1) is 0 Å². The summed E-state index contributed by atoms with van der Waals surface area (Å²) in [6.45, 7) is 11.0. The molecule has 30 heavy (non-hydrogen) atoms. The van der Waals surface area contributed by atoms with Gasteiger partial charge in [-0.05, 0) is 43.6 Å². The number of rotatable bonds is 8. The molecule has 3 aromatic rings. The van der Waals surface area contributed by atoms with E-state index in [1.165, 1.54) is 11.1 Å². The summed E-state index contributed by atoms with van der Waals surface area (Å²) in [7, 11) is 0.477. The second kappa shape index (κ2) is 9.58. The minimum Gasteiger partial charge on any atom is -0.488 e. The Morgan fingerprint density at radius 1 is 1.00 bits per heavy atom. The first-order valence-electron chi connectivity index (χ1n) is 10.5. The van der Waals surface area contributed by atoms with Crippen molar-refractivity contribution in [2.24, 2.45) is 0 Å². The van der Waals surface area contributed by atoms with Gasteiger partial charge in [-0.25, -0.2) is 0 Å². The zero-order valence-corrected chi connectivity index (χ0v) is 19.6. The number of hydrogen-bond donors (Lipinski definition) is 0. The van der Waals surface area contributed by atoms with Crippen LogP contribution in [0, 0.1) is 13.8 Å². The average Bonchev–Trinajstić information content (AvgIpc) is 2.73. The maximum Gasteiger partial charge on any atom is 0.160 e. The van der Waals surface area contributed by atoms with E-state index in [1.807, 2.05) is 36.4 Å². The van der Waals surface area contributed by atoms with E-state index in [0.717, 1.165) is 34.2 Å². The highest BCUT2D eigenvalue weighted by molar-refractivity contribution is 7.48. The Bertz CT molecular complexity index is 1030. The van der Waals surface area contributed by atoms with Gasteiger partial charge in [-0.3, -0.25) is 4.79 Å². The monoisotopic (exact) mass is 418 g/mol. The van der Waals surface area contributed by atoms with E-state index < -0.39 is 0 Å². The molecule has 0 spiro atoms. The van der Waals surface area contributed by atoms with Gasteiger partial charge in [-0.1, -0.05) is 94.7 Å². The molecule has 0 amide bonds. The summed E-state index contributed by atoms with van der Waals surface area (Å²) < 4.78 is 6.41.